The van der Waals surface area contributed by atoms with E-state index in [4.69, 9.17) is 0 Å². The van der Waals surface area contributed by atoms with Crippen LogP contribution in [-0.4, -0.2) is 52.0 Å². The van der Waals surface area contributed by atoms with Gasteiger partial charge in [-0.25, -0.2) is 4.68 Å². The number of nitrogens with one attached hydrogen (secondary N) is 1. The van der Waals surface area contributed by atoms with Gasteiger partial charge in [-0.05, 0) is 50.3 Å². The maximum absolute atomic E-state index is 12.7. The van der Waals surface area contributed by atoms with Gasteiger partial charge in [0.15, 0.2) is 5.69 Å². The summed E-state index contributed by atoms with van der Waals surface area (Å²) in [7, 11) is 0. The van der Waals surface area contributed by atoms with Gasteiger partial charge in [-0.1, -0.05) is 35.5 Å². The molecule has 0 bridgehead atoms. The minimum absolute atomic E-state index is 0.0201. The first-order chi connectivity index (χ1) is 12.3. The molecule has 2 aliphatic rings. The van der Waals surface area contributed by atoms with E-state index in [1.54, 1.807) is 0 Å². The molecular formula is C19H25N5O. The number of likely N-dealkylation sites (tertiary alicyclic amines) is 1. The molecular weight excluding hydrogens is 314 g/mol. The first-order valence-electron chi connectivity index (χ1n) is 9.28. The molecule has 1 aromatic heterocycles. The summed E-state index contributed by atoms with van der Waals surface area (Å²) in [6.45, 7) is 3.58. The Kier molecular flexibility index (Phi) is 4.78. The van der Waals surface area contributed by atoms with Gasteiger partial charge in [0.2, 0.25) is 0 Å². The van der Waals surface area contributed by atoms with Crippen molar-refractivity contribution in [3.8, 4) is 0 Å². The van der Waals surface area contributed by atoms with E-state index in [-0.39, 0.29) is 5.91 Å². The fourth-order valence-electron chi connectivity index (χ4n) is 3.93. The molecule has 2 fully saturated rings. The molecule has 2 saturated heterocycles. The smallest absolute Gasteiger partial charge is 0.276 e. The summed E-state index contributed by atoms with van der Waals surface area (Å²) in [6, 6.07) is 11.0. The van der Waals surface area contributed by atoms with E-state index in [0.29, 0.717) is 17.7 Å². The highest BCUT2D eigenvalue weighted by Crippen LogP contribution is 2.28. The third-order valence-electron chi connectivity index (χ3n) is 5.47. The molecule has 0 atom stereocenters. The molecule has 6 heteroatoms. The summed E-state index contributed by atoms with van der Waals surface area (Å²) in [5.41, 5.74) is 1.86. The van der Waals surface area contributed by atoms with Crippen molar-refractivity contribution < 1.29 is 4.79 Å². The lowest BCUT2D eigenvalue weighted by molar-refractivity contribution is 0.0707. The Morgan fingerprint density at radius 1 is 1.04 bits per heavy atom. The molecule has 0 saturated carbocycles. The summed E-state index contributed by atoms with van der Waals surface area (Å²) in [5.74, 6) is 0.572. The van der Waals surface area contributed by atoms with Gasteiger partial charge in [0.1, 0.15) is 0 Å². The number of aromatic nitrogens is 3. The number of benzene rings is 1. The van der Waals surface area contributed by atoms with E-state index in [1.165, 1.54) is 5.56 Å². The zero-order chi connectivity index (χ0) is 17.1. The standard InChI is InChI=1S/C19H25N5O/c25-19(18-14-24(22-21-18)17-6-10-20-11-7-17)23-12-8-16(9-13-23)15-4-2-1-3-5-15/h1-5,14,16-17,20H,6-13H2. The Morgan fingerprint density at radius 2 is 1.76 bits per heavy atom. The molecule has 1 amide bonds. The molecule has 0 spiro atoms. The summed E-state index contributed by atoms with van der Waals surface area (Å²) in [6.07, 6.45) is 5.94. The van der Waals surface area contributed by atoms with Crippen molar-refractivity contribution >= 4 is 5.91 Å². The molecule has 132 valence electrons. The van der Waals surface area contributed by atoms with Gasteiger partial charge < -0.3 is 10.2 Å². The maximum atomic E-state index is 12.7. The second-order valence-electron chi connectivity index (χ2n) is 7.04. The van der Waals surface area contributed by atoms with Gasteiger partial charge in [0.05, 0.1) is 12.2 Å². The Bertz CT molecular complexity index is 700. The number of hydrogen-bond acceptors (Lipinski definition) is 4. The number of hydrogen-bond donors (Lipinski definition) is 1. The van der Waals surface area contributed by atoms with Gasteiger partial charge in [-0.3, -0.25) is 4.79 Å². The molecule has 1 N–H and O–H groups in total. The Balaban J connectivity index is 1.37. The number of carbonyl (C=O) groups is 1. The minimum Gasteiger partial charge on any atom is -0.337 e. The number of rotatable bonds is 3. The fraction of sp³-hybridized carbons (Fsp3) is 0.526. The summed E-state index contributed by atoms with van der Waals surface area (Å²) < 4.78 is 1.88. The molecule has 25 heavy (non-hydrogen) atoms. The van der Waals surface area contributed by atoms with Crippen LogP contribution in [0.4, 0.5) is 0 Å². The summed E-state index contributed by atoms with van der Waals surface area (Å²) in [4.78, 5) is 14.7. The summed E-state index contributed by atoms with van der Waals surface area (Å²) >= 11 is 0. The van der Waals surface area contributed by atoms with E-state index >= 15 is 0 Å². The normalized spacial score (nSPS) is 19.9. The summed E-state index contributed by atoms with van der Waals surface area (Å²) in [5, 5.41) is 11.7. The lowest BCUT2D eigenvalue weighted by Crippen LogP contribution is -2.38. The molecule has 3 heterocycles. The maximum Gasteiger partial charge on any atom is 0.276 e. The molecule has 0 unspecified atom stereocenters. The number of nitrogens with zero attached hydrogens (tertiary/aromatic N) is 4. The highest BCUT2D eigenvalue weighted by molar-refractivity contribution is 5.92. The van der Waals surface area contributed by atoms with E-state index < -0.39 is 0 Å². The first kappa shape index (κ1) is 16.3. The highest BCUT2D eigenvalue weighted by Gasteiger charge is 2.27. The third kappa shape index (κ3) is 3.58. The SMILES string of the molecule is O=C(c1cn(C2CCNCC2)nn1)N1CCC(c2ccccc2)CC1. The molecule has 1 aromatic carbocycles. The zero-order valence-corrected chi connectivity index (χ0v) is 14.5. The average molecular weight is 339 g/mol. The van der Waals surface area contributed by atoms with Crippen LogP contribution in [0.1, 0.15) is 53.7 Å². The third-order valence-corrected chi connectivity index (χ3v) is 5.47. The van der Waals surface area contributed by atoms with E-state index in [0.717, 1.165) is 51.9 Å². The first-order valence-corrected chi connectivity index (χ1v) is 9.28. The van der Waals surface area contributed by atoms with Gasteiger partial charge in [0.25, 0.3) is 5.91 Å². The van der Waals surface area contributed by atoms with Gasteiger partial charge >= 0.3 is 0 Å². The van der Waals surface area contributed by atoms with Crippen molar-refractivity contribution in [3.63, 3.8) is 0 Å². The van der Waals surface area contributed by atoms with Crippen LogP contribution in [0.25, 0.3) is 0 Å². The van der Waals surface area contributed by atoms with Crippen LogP contribution in [0.3, 0.4) is 0 Å². The monoisotopic (exact) mass is 339 g/mol. The predicted molar refractivity (Wildman–Crippen MR) is 95.5 cm³/mol. The van der Waals surface area contributed by atoms with Crippen LogP contribution in [0.5, 0.6) is 0 Å². The second kappa shape index (κ2) is 7.35. The van der Waals surface area contributed by atoms with Crippen LogP contribution >= 0.6 is 0 Å². The zero-order valence-electron chi connectivity index (χ0n) is 14.5. The predicted octanol–water partition coefficient (Wildman–Crippen LogP) is 2.22. The molecule has 6 nitrogen and oxygen atoms in total. The fourth-order valence-corrected chi connectivity index (χ4v) is 3.93. The molecule has 0 aliphatic carbocycles. The van der Waals surface area contributed by atoms with Crippen molar-refractivity contribution in [2.75, 3.05) is 26.2 Å². The van der Waals surface area contributed by atoms with Gasteiger partial charge in [-0.2, -0.15) is 0 Å². The second-order valence-corrected chi connectivity index (χ2v) is 7.04. The lowest BCUT2D eigenvalue weighted by atomic mass is 9.89. The molecule has 2 aliphatic heterocycles. The Morgan fingerprint density at radius 3 is 2.48 bits per heavy atom. The Labute approximate surface area is 148 Å². The van der Waals surface area contributed by atoms with Crippen molar-refractivity contribution in [2.24, 2.45) is 0 Å². The van der Waals surface area contributed by atoms with Crippen molar-refractivity contribution in [3.05, 3.63) is 47.8 Å². The number of amides is 1. The quantitative estimate of drug-likeness (QED) is 0.931. The van der Waals surface area contributed by atoms with E-state index in [9.17, 15) is 4.79 Å². The van der Waals surface area contributed by atoms with Crippen LogP contribution in [-0.2, 0) is 0 Å². The molecule has 4 rings (SSSR count). The van der Waals surface area contributed by atoms with Crippen molar-refractivity contribution in [2.45, 2.75) is 37.6 Å². The van der Waals surface area contributed by atoms with Gasteiger partial charge in [-0.15, -0.1) is 5.10 Å². The molecule has 2 aromatic rings. The molecule has 0 radical (unpaired) electrons. The highest BCUT2D eigenvalue weighted by atomic mass is 16.2. The van der Waals surface area contributed by atoms with Crippen LogP contribution in [0, 0.1) is 0 Å². The van der Waals surface area contributed by atoms with Crippen molar-refractivity contribution in [1.82, 2.24) is 25.2 Å². The minimum atomic E-state index is 0.0201. The average Bonchev–Trinajstić information content (AvgIpc) is 3.19. The van der Waals surface area contributed by atoms with Crippen molar-refractivity contribution in [1.29, 1.82) is 0 Å². The van der Waals surface area contributed by atoms with Crippen LogP contribution in [0.2, 0.25) is 0 Å². The van der Waals surface area contributed by atoms with Gasteiger partial charge in [0, 0.05) is 13.1 Å². The lowest BCUT2D eigenvalue weighted by Gasteiger charge is -2.31. The largest absolute Gasteiger partial charge is 0.337 e. The van der Waals surface area contributed by atoms with Crippen LogP contribution < -0.4 is 5.32 Å². The van der Waals surface area contributed by atoms with E-state index in [1.807, 2.05) is 21.8 Å². The van der Waals surface area contributed by atoms with E-state index in [2.05, 4.69) is 39.9 Å². The van der Waals surface area contributed by atoms with Crippen LogP contribution in [0.15, 0.2) is 36.5 Å². The number of piperidine rings is 2. The Hall–Kier alpha value is -2.21. The number of carbonyl (C=O) groups excluding carboxylic acids is 1. The topological polar surface area (TPSA) is 63.1 Å².